The number of rotatable bonds is 6. The molecule has 0 aliphatic rings. The molecule has 1 rings (SSSR count). The van der Waals surface area contributed by atoms with Crippen LogP contribution in [0.25, 0.3) is 0 Å². The number of aliphatic hydroxyl groups excluding tert-OH is 2. The molecule has 0 amide bonds. The molecule has 1 unspecified atom stereocenters. The number of benzene rings is 1. The molecule has 1 atom stereocenters. The van der Waals surface area contributed by atoms with Crippen molar-refractivity contribution in [3.63, 3.8) is 0 Å². The van der Waals surface area contributed by atoms with E-state index in [4.69, 9.17) is 10.2 Å². The fourth-order valence-corrected chi connectivity index (χ4v) is 1.13. The quantitative estimate of drug-likeness (QED) is 0.710. The highest BCUT2D eigenvalue weighted by molar-refractivity contribution is 5.50. The summed E-state index contributed by atoms with van der Waals surface area (Å²) in [5.41, 5.74) is -0.0874. The Labute approximate surface area is 95.6 Å². The Bertz CT molecular complexity index is 363. The molecule has 0 spiro atoms. The SMILES string of the molecule is OCC(O)CNc1cccc(OC(F)F)c1F. The maximum Gasteiger partial charge on any atom is 0.387 e. The van der Waals surface area contributed by atoms with Gasteiger partial charge in [0, 0.05) is 6.54 Å². The lowest BCUT2D eigenvalue weighted by Gasteiger charge is -2.13. The maximum absolute atomic E-state index is 13.5. The molecule has 4 nitrogen and oxygen atoms in total. The summed E-state index contributed by atoms with van der Waals surface area (Å²) in [4.78, 5) is 0. The van der Waals surface area contributed by atoms with Crippen LogP contribution in [0.5, 0.6) is 5.75 Å². The molecule has 1 aromatic carbocycles. The van der Waals surface area contributed by atoms with Crippen molar-refractivity contribution >= 4 is 5.69 Å². The Hall–Kier alpha value is -1.47. The molecule has 1 aromatic rings. The lowest BCUT2D eigenvalue weighted by molar-refractivity contribution is -0.0521. The van der Waals surface area contributed by atoms with Crippen molar-refractivity contribution in [1.29, 1.82) is 0 Å². The largest absolute Gasteiger partial charge is 0.432 e. The van der Waals surface area contributed by atoms with Crippen LogP contribution >= 0.6 is 0 Å². The number of hydrogen-bond acceptors (Lipinski definition) is 4. The van der Waals surface area contributed by atoms with Crippen LogP contribution in [-0.2, 0) is 0 Å². The van der Waals surface area contributed by atoms with Gasteiger partial charge in [-0.2, -0.15) is 8.78 Å². The summed E-state index contributed by atoms with van der Waals surface area (Å²) in [6, 6.07) is 3.70. The van der Waals surface area contributed by atoms with Gasteiger partial charge in [-0.15, -0.1) is 0 Å². The lowest BCUT2D eigenvalue weighted by atomic mass is 10.2. The number of halogens is 3. The predicted molar refractivity (Wildman–Crippen MR) is 54.6 cm³/mol. The number of anilines is 1. The highest BCUT2D eigenvalue weighted by atomic mass is 19.3. The molecule has 0 radical (unpaired) electrons. The Morgan fingerprint density at radius 3 is 2.65 bits per heavy atom. The first-order valence-corrected chi connectivity index (χ1v) is 4.80. The van der Waals surface area contributed by atoms with Gasteiger partial charge in [0.05, 0.1) is 18.4 Å². The summed E-state index contributed by atoms with van der Waals surface area (Å²) in [7, 11) is 0. The highest BCUT2D eigenvalue weighted by Gasteiger charge is 2.13. The normalized spacial score (nSPS) is 12.6. The molecule has 0 saturated heterocycles. The highest BCUT2D eigenvalue weighted by Crippen LogP contribution is 2.25. The van der Waals surface area contributed by atoms with Gasteiger partial charge in [0.25, 0.3) is 0 Å². The van der Waals surface area contributed by atoms with Gasteiger partial charge in [-0.3, -0.25) is 0 Å². The minimum atomic E-state index is -3.11. The zero-order valence-corrected chi connectivity index (χ0v) is 8.74. The van der Waals surface area contributed by atoms with E-state index in [1.807, 2.05) is 0 Å². The molecule has 0 saturated carbocycles. The van der Waals surface area contributed by atoms with Gasteiger partial charge in [0.15, 0.2) is 11.6 Å². The average molecular weight is 251 g/mol. The van der Waals surface area contributed by atoms with Crippen molar-refractivity contribution in [3.8, 4) is 5.75 Å². The van der Waals surface area contributed by atoms with E-state index in [2.05, 4.69) is 10.1 Å². The van der Waals surface area contributed by atoms with Crippen LogP contribution in [0.1, 0.15) is 0 Å². The van der Waals surface area contributed by atoms with Crippen LogP contribution in [0, 0.1) is 5.82 Å². The molecular weight excluding hydrogens is 239 g/mol. The van der Waals surface area contributed by atoms with Crippen LogP contribution in [0.3, 0.4) is 0 Å². The van der Waals surface area contributed by atoms with Crippen molar-refractivity contribution in [2.45, 2.75) is 12.7 Å². The maximum atomic E-state index is 13.5. The Morgan fingerprint density at radius 2 is 2.06 bits per heavy atom. The molecule has 0 fully saturated rings. The Morgan fingerprint density at radius 1 is 1.35 bits per heavy atom. The third kappa shape index (κ3) is 4.12. The topological polar surface area (TPSA) is 61.7 Å². The fraction of sp³-hybridized carbons (Fsp3) is 0.400. The zero-order chi connectivity index (χ0) is 12.8. The third-order valence-electron chi connectivity index (χ3n) is 1.92. The van der Waals surface area contributed by atoms with Crippen molar-refractivity contribution < 1.29 is 28.1 Å². The zero-order valence-electron chi connectivity index (χ0n) is 8.74. The number of ether oxygens (including phenoxy) is 1. The van der Waals surface area contributed by atoms with E-state index < -0.39 is 30.9 Å². The molecule has 0 bridgehead atoms. The van der Waals surface area contributed by atoms with Crippen LogP contribution in [0.2, 0.25) is 0 Å². The molecule has 3 N–H and O–H groups in total. The first-order valence-electron chi connectivity index (χ1n) is 4.80. The smallest absolute Gasteiger partial charge is 0.387 e. The first-order chi connectivity index (χ1) is 8.04. The van der Waals surface area contributed by atoms with E-state index in [-0.39, 0.29) is 12.2 Å². The Kier molecular flexibility index (Phi) is 5.05. The van der Waals surface area contributed by atoms with Gasteiger partial charge in [-0.25, -0.2) is 4.39 Å². The van der Waals surface area contributed by atoms with Crippen molar-refractivity contribution in [2.75, 3.05) is 18.5 Å². The summed E-state index contributed by atoms with van der Waals surface area (Å²) in [6.07, 6.45) is -1.06. The number of hydrogen-bond donors (Lipinski definition) is 3. The summed E-state index contributed by atoms with van der Waals surface area (Å²) in [5.74, 6) is -1.55. The molecule has 17 heavy (non-hydrogen) atoms. The lowest BCUT2D eigenvalue weighted by Crippen LogP contribution is -2.23. The second-order valence-corrected chi connectivity index (χ2v) is 3.21. The van der Waals surface area contributed by atoms with Gasteiger partial charge in [0.2, 0.25) is 0 Å². The molecule has 0 aromatic heterocycles. The second-order valence-electron chi connectivity index (χ2n) is 3.21. The molecule has 0 heterocycles. The molecular formula is C10H12F3NO3. The van der Waals surface area contributed by atoms with Crippen LogP contribution < -0.4 is 10.1 Å². The van der Waals surface area contributed by atoms with Crippen LogP contribution in [-0.4, -0.2) is 36.1 Å². The van der Waals surface area contributed by atoms with Gasteiger partial charge in [-0.05, 0) is 12.1 Å². The fourth-order valence-electron chi connectivity index (χ4n) is 1.13. The third-order valence-corrected chi connectivity index (χ3v) is 1.92. The monoisotopic (exact) mass is 251 g/mol. The van der Waals surface area contributed by atoms with E-state index in [0.717, 1.165) is 6.07 Å². The van der Waals surface area contributed by atoms with E-state index >= 15 is 0 Å². The number of nitrogens with one attached hydrogen (secondary N) is 1. The van der Waals surface area contributed by atoms with E-state index in [9.17, 15) is 13.2 Å². The molecule has 96 valence electrons. The Balaban J connectivity index is 2.72. The van der Waals surface area contributed by atoms with Gasteiger partial charge >= 0.3 is 6.61 Å². The summed E-state index contributed by atoms with van der Waals surface area (Å²) < 4.78 is 41.3. The number of aliphatic hydroxyl groups is 2. The summed E-state index contributed by atoms with van der Waals surface area (Å²) in [5, 5.41) is 20.1. The van der Waals surface area contributed by atoms with E-state index in [1.165, 1.54) is 12.1 Å². The van der Waals surface area contributed by atoms with Gasteiger partial charge in [-0.1, -0.05) is 6.07 Å². The molecule has 0 aliphatic heterocycles. The predicted octanol–water partition coefficient (Wildman–Crippen LogP) is 1.19. The minimum absolute atomic E-state index is 0.0874. The van der Waals surface area contributed by atoms with Crippen LogP contribution in [0.4, 0.5) is 18.9 Å². The standard InChI is InChI=1S/C10H12F3NO3/c11-9-7(14-4-6(16)5-15)2-1-3-8(9)17-10(12)13/h1-3,6,10,14-16H,4-5H2. The summed E-state index contributed by atoms with van der Waals surface area (Å²) in [6.45, 7) is -3.70. The van der Waals surface area contributed by atoms with E-state index in [0.29, 0.717) is 0 Å². The second kappa shape index (κ2) is 6.31. The van der Waals surface area contributed by atoms with Gasteiger partial charge in [0.1, 0.15) is 0 Å². The number of alkyl halides is 2. The summed E-state index contributed by atoms with van der Waals surface area (Å²) >= 11 is 0. The molecule has 7 heteroatoms. The molecule has 0 aliphatic carbocycles. The van der Waals surface area contributed by atoms with E-state index in [1.54, 1.807) is 0 Å². The average Bonchev–Trinajstić information content (AvgIpc) is 2.29. The van der Waals surface area contributed by atoms with Crippen molar-refractivity contribution in [3.05, 3.63) is 24.0 Å². The van der Waals surface area contributed by atoms with Crippen molar-refractivity contribution in [2.24, 2.45) is 0 Å². The minimum Gasteiger partial charge on any atom is -0.432 e. The first kappa shape index (κ1) is 13.6. The van der Waals surface area contributed by atoms with Gasteiger partial charge < -0.3 is 20.3 Å². The van der Waals surface area contributed by atoms with Crippen molar-refractivity contribution in [1.82, 2.24) is 0 Å². The van der Waals surface area contributed by atoms with Crippen LogP contribution in [0.15, 0.2) is 18.2 Å².